The summed E-state index contributed by atoms with van der Waals surface area (Å²) in [5.74, 6) is 1.09. The molecule has 0 radical (unpaired) electrons. The van der Waals surface area contributed by atoms with Crippen molar-refractivity contribution in [2.45, 2.75) is 28.4 Å². The summed E-state index contributed by atoms with van der Waals surface area (Å²) in [4.78, 5) is -2.11. The Bertz CT molecular complexity index is 506. The smallest absolute Gasteiger partial charge is 0.109 e. The van der Waals surface area contributed by atoms with Crippen LogP contribution in [0.2, 0.25) is 0 Å². The van der Waals surface area contributed by atoms with E-state index in [1.54, 1.807) is 0 Å². The van der Waals surface area contributed by atoms with Crippen LogP contribution in [-0.2, 0) is 0 Å². The van der Waals surface area contributed by atoms with Crippen LogP contribution in [0, 0.1) is 23.7 Å². The molecule has 0 spiro atoms. The molecule has 0 nitrogen and oxygen atoms in total. The van der Waals surface area contributed by atoms with Gasteiger partial charge in [-0.2, -0.15) is 0 Å². The van der Waals surface area contributed by atoms with Gasteiger partial charge in [0.25, 0.3) is 0 Å². The van der Waals surface area contributed by atoms with Gasteiger partial charge in [-0.1, -0.05) is 91.6 Å². The summed E-state index contributed by atoms with van der Waals surface area (Å²) in [6.07, 6.45) is 1.11. The van der Waals surface area contributed by atoms with E-state index in [1.807, 2.05) is 0 Å². The standard InChI is InChI=1S/C12H8Cl6I2/c13-8-9(14)11(16)5-3-1-2(6(19)7(3)20)4(5)10(8,15)12(11,17)18/h2-7H,1H2/t2-,3-,4-,5-,6+,7+,10+,11+/m1/s1. The number of hydrogen-bond acceptors (Lipinski definition) is 0. The highest BCUT2D eigenvalue weighted by Gasteiger charge is 2.87. The van der Waals surface area contributed by atoms with Crippen molar-refractivity contribution in [1.82, 2.24) is 0 Å². The van der Waals surface area contributed by atoms with E-state index in [9.17, 15) is 0 Å². The zero-order chi connectivity index (χ0) is 14.8. The molecule has 0 unspecified atom stereocenters. The van der Waals surface area contributed by atoms with E-state index >= 15 is 0 Å². The van der Waals surface area contributed by atoms with Crippen molar-refractivity contribution in [2.75, 3.05) is 0 Å². The van der Waals surface area contributed by atoms with E-state index < -0.39 is 14.1 Å². The molecule has 0 aromatic heterocycles. The van der Waals surface area contributed by atoms with Crippen LogP contribution in [-0.4, -0.2) is 21.9 Å². The minimum absolute atomic E-state index is 0.101. The molecule has 4 aliphatic rings. The van der Waals surface area contributed by atoms with Gasteiger partial charge in [0.2, 0.25) is 0 Å². The first-order valence-corrected chi connectivity index (χ1v) is 11.0. The van der Waals surface area contributed by atoms with Crippen LogP contribution < -0.4 is 0 Å². The predicted octanol–water partition coefficient (Wildman–Crippen LogP) is 6.32. The number of alkyl halides is 6. The molecule has 0 saturated heterocycles. The fraction of sp³-hybridized carbons (Fsp3) is 0.833. The van der Waals surface area contributed by atoms with E-state index in [2.05, 4.69) is 45.2 Å². The minimum Gasteiger partial charge on any atom is -0.109 e. The Labute approximate surface area is 174 Å². The molecule has 4 rings (SSSR count). The number of fused-ring (bicyclic) bond motifs is 9. The second kappa shape index (κ2) is 4.56. The van der Waals surface area contributed by atoms with Gasteiger partial charge in [0.15, 0.2) is 4.33 Å². The van der Waals surface area contributed by atoms with E-state index in [-0.39, 0.29) is 11.8 Å². The average molecular weight is 619 g/mol. The lowest BCUT2D eigenvalue weighted by molar-refractivity contribution is 0.238. The van der Waals surface area contributed by atoms with Gasteiger partial charge in [-0.05, 0) is 30.1 Å². The summed E-state index contributed by atoms with van der Waals surface area (Å²) in [5, 5.41) is 0.700. The fourth-order valence-corrected chi connectivity index (χ4v) is 10.6. The lowest BCUT2D eigenvalue weighted by Crippen LogP contribution is -2.46. The van der Waals surface area contributed by atoms with Crippen molar-refractivity contribution in [3.8, 4) is 0 Å². The maximum atomic E-state index is 6.90. The highest BCUT2D eigenvalue weighted by molar-refractivity contribution is 14.1. The molecule has 3 fully saturated rings. The Hall–Kier alpha value is 2.94. The van der Waals surface area contributed by atoms with Crippen molar-refractivity contribution in [1.29, 1.82) is 0 Å². The Morgan fingerprint density at radius 2 is 1.15 bits per heavy atom. The summed E-state index contributed by atoms with van der Waals surface area (Å²) < 4.78 is -0.273. The van der Waals surface area contributed by atoms with Crippen LogP contribution in [0.4, 0.5) is 0 Å². The van der Waals surface area contributed by atoms with Crippen LogP contribution in [0.3, 0.4) is 0 Å². The molecular weight excluding hydrogens is 611 g/mol. The number of hydrogen-bond donors (Lipinski definition) is 0. The Balaban J connectivity index is 1.98. The van der Waals surface area contributed by atoms with Crippen molar-refractivity contribution in [3.05, 3.63) is 10.1 Å². The molecule has 0 aliphatic heterocycles. The van der Waals surface area contributed by atoms with Gasteiger partial charge in [0.1, 0.15) is 9.75 Å². The largest absolute Gasteiger partial charge is 0.166 e. The number of allylic oxidation sites excluding steroid dienone is 2. The first kappa shape index (κ1) is 16.4. The van der Waals surface area contributed by atoms with Gasteiger partial charge >= 0.3 is 0 Å². The first-order chi connectivity index (χ1) is 9.11. The summed E-state index contributed by atoms with van der Waals surface area (Å²) >= 11 is 45.0. The van der Waals surface area contributed by atoms with Gasteiger partial charge < -0.3 is 0 Å². The lowest BCUT2D eigenvalue weighted by Gasteiger charge is -2.43. The summed E-state index contributed by atoms with van der Waals surface area (Å²) in [6, 6.07) is 0. The second-order valence-electron chi connectivity index (χ2n) is 6.13. The molecule has 4 aliphatic carbocycles. The molecule has 0 aromatic rings. The van der Waals surface area contributed by atoms with E-state index in [0.717, 1.165) is 6.42 Å². The van der Waals surface area contributed by atoms with Gasteiger partial charge in [-0.15, -0.1) is 23.2 Å². The molecule has 8 atom stereocenters. The second-order valence-corrected chi connectivity index (χ2v) is 12.3. The third-order valence-electron chi connectivity index (χ3n) is 5.64. The fourth-order valence-electron chi connectivity index (χ4n) is 4.92. The third kappa shape index (κ3) is 1.41. The maximum Gasteiger partial charge on any atom is 0.166 e. The summed E-state index contributed by atoms with van der Waals surface area (Å²) in [6.45, 7) is 0. The quantitative estimate of drug-likeness (QED) is 0.169. The maximum absolute atomic E-state index is 6.90. The molecule has 8 heteroatoms. The molecule has 0 aromatic carbocycles. The van der Waals surface area contributed by atoms with Crippen LogP contribution in [0.1, 0.15) is 6.42 Å². The van der Waals surface area contributed by atoms with E-state index in [1.165, 1.54) is 0 Å². The van der Waals surface area contributed by atoms with Crippen molar-refractivity contribution in [2.24, 2.45) is 23.7 Å². The topological polar surface area (TPSA) is 0 Å². The molecule has 20 heavy (non-hydrogen) atoms. The zero-order valence-electron chi connectivity index (χ0n) is 9.69. The molecule has 0 N–H and O–H groups in total. The van der Waals surface area contributed by atoms with Gasteiger partial charge in [-0.25, -0.2) is 0 Å². The van der Waals surface area contributed by atoms with Crippen LogP contribution >= 0.6 is 115 Å². The molecule has 0 heterocycles. The number of halogens is 8. The molecule has 0 amide bonds. The zero-order valence-corrected chi connectivity index (χ0v) is 18.5. The average Bonchev–Trinajstić information content (AvgIpc) is 2.97. The van der Waals surface area contributed by atoms with Crippen molar-refractivity contribution in [3.63, 3.8) is 0 Å². The predicted molar refractivity (Wildman–Crippen MR) is 105 cm³/mol. The van der Waals surface area contributed by atoms with E-state index in [0.29, 0.717) is 29.7 Å². The molecule has 3 saturated carbocycles. The summed E-state index contributed by atoms with van der Waals surface area (Å²) in [7, 11) is 0. The monoisotopic (exact) mass is 616 g/mol. The Kier molecular flexibility index (Phi) is 3.74. The number of rotatable bonds is 0. The van der Waals surface area contributed by atoms with Crippen molar-refractivity contribution >= 4 is 115 Å². The van der Waals surface area contributed by atoms with Crippen LogP contribution in [0.25, 0.3) is 0 Å². The van der Waals surface area contributed by atoms with Gasteiger partial charge in [-0.3, -0.25) is 0 Å². The third-order valence-corrected chi connectivity index (χ3v) is 14.7. The lowest BCUT2D eigenvalue weighted by atomic mass is 9.72. The Morgan fingerprint density at radius 3 is 1.50 bits per heavy atom. The van der Waals surface area contributed by atoms with Crippen molar-refractivity contribution < 1.29 is 0 Å². The van der Waals surface area contributed by atoms with E-state index in [4.69, 9.17) is 69.6 Å². The van der Waals surface area contributed by atoms with Gasteiger partial charge in [0, 0.05) is 7.85 Å². The Morgan fingerprint density at radius 1 is 0.800 bits per heavy atom. The first-order valence-electron chi connectivity index (χ1n) is 6.21. The van der Waals surface area contributed by atoms with Crippen LogP contribution in [0.15, 0.2) is 10.1 Å². The molecule has 4 bridgehead atoms. The molecular formula is C12H8Cl6I2. The highest BCUT2D eigenvalue weighted by atomic mass is 127. The highest BCUT2D eigenvalue weighted by Crippen LogP contribution is 2.83. The summed E-state index contributed by atoms with van der Waals surface area (Å²) in [5.41, 5.74) is 0. The normalized spacial score (nSPS) is 62.4. The molecule has 112 valence electrons. The SMILES string of the molecule is ClC1=C(Cl)[C@@]2(Cl)[C@@H]3[C@H]4C[C@@H]([C@H](I)[C@H]4I)[C@H]3[C@@]1(Cl)C2(Cl)Cl. The van der Waals surface area contributed by atoms with Crippen LogP contribution in [0.5, 0.6) is 0 Å². The minimum atomic E-state index is -1.36. The van der Waals surface area contributed by atoms with Gasteiger partial charge in [0.05, 0.1) is 10.1 Å².